The van der Waals surface area contributed by atoms with Gasteiger partial charge in [-0.05, 0) is 30.7 Å². The Morgan fingerprint density at radius 1 is 1.05 bits per heavy atom. The monoisotopic (exact) mass is 286 g/mol. The molecule has 112 valence electrons. The molecule has 0 unspecified atom stereocenters. The van der Waals surface area contributed by atoms with Crippen LogP contribution in [-0.2, 0) is 4.74 Å². The van der Waals surface area contributed by atoms with Crippen LogP contribution in [0.15, 0.2) is 47.1 Å². The molecule has 0 fully saturated rings. The van der Waals surface area contributed by atoms with E-state index < -0.39 is 0 Å². The third-order valence-electron chi connectivity index (χ3n) is 3.41. The topological polar surface area (TPSA) is 39.4 Å². The fourth-order valence-corrected chi connectivity index (χ4v) is 2.17. The lowest BCUT2D eigenvalue weighted by atomic mass is 10.1. The standard InChI is InChI=1S/C18H22O3/c1-2-3-4-5-6-13-21-18(19)16-11-9-15(10-12-16)17-8-7-14-20-17/h7-12,14H,2-6,13H2,1H3. The zero-order valence-electron chi connectivity index (χ0n) is 12.5. The average molecular weight is 286 g/mol. The maximum atomic E-state index is 11.9. The smallest absolute Gasteiger partial charge is 0.338 e. The van der Waals surface area contributed by atoms with Crippen molar-refractivity contribution < 1.29 is 13.9 Å². The van der Waals surface area contributed by atoms with Gasteiger partial charge in [-0.15, -0.1) is 0 Å². The fraction of sp³-hybridized carbons (Fsp3) is 0.389. The van der Waals surface area contributed by atoms with Crippen LogP contribution >= 0.6 is 0 Å². The normalized spacial score (nSPS) is 10.5. The van der Waals surface area contributed by atoms with E-state index >= 15 is 0 Å². The molecular weight excluding hydrogens is 264 g/mol. The van der Waals surface area contributed by atoms with Crippen molar-refractivity contribution in [2.24, 2.45) is 0 Å². The molecule has 2 aromatic rings. The van der Waals surface area contributed by atoms with Crippen molar-refractivity contribution in [2.45, 2.75) is 39.0 Å². The van der Waals surface area contributed by atoms with Crippen molar-refractivity contribution in [3.05, 3.63) is 48.2 Å². The molecule has 0 aliphatic heterocycles. The van der Waals surface area contributed by atoms with Crippen molar-refractivity contribution >= 4 is 5.97 Å². The molecule has 0 spiro atoms. The maximum absolute atomic E-state index is 11.9. The number of esters is 1. The number of hydrogen-bond acceptors (Lipinski definition) is 3. The van der Waals surface area contributed by atoms with E-state index in [0.717, 1.165) is 24.2 Å². The summed E-state index contributed by atoms with van der Waals surface area (Å²) in [7, 11) is 0. The van der Waals surface area contributed by atoms with E-state index in [1.165, 1.54) is 19.3 Å². The van der Waals surface area contributed by atoms with Crippen LogP contribution in [0.4, 0.5) is 0 Å². The highest BCUT2D eigenvalue weighted by atomic mass is 16.5. The Morgan fingerprint density at radius 3 is 2.48 bits per heavy atom. The van der Waals surface area contributed by atoms with E-state index in [1.807, 2.05) is 24.3 Å². The van der Waals surface area contributed by atoms with Gasteiger partial charge in [0.1, 0.15) is 5.76 Å². The van der Waals surface area contributed by atoms with Crippen molar-refractivity contribution in [2.75, 3.05) is 6.61 Å². The van der Waals surface area contributed by atoms with Gasteiger partial charge in [0.05, 0.1) is 18.4 Å². The van der Waals surface area contributed by atoms with Crippen LogP contribution in [0.5, 0.6) is 0 Å². The Labute approximate surface area is 125 Å². The minimum Gasteiger partial charge on any atom is -0.464 e. The fourth-order valence-electron chi connectivity index (χ4n) is 2.17. The van der Waals surface area contributed by atoms with Crippen molar-refractivity contribution in [1.29, 1.82) is 0 Å². The van der Waals surface area contributed by atoms with Crippen LogP contribution in [0, 0.1) is 0 Å². The lowest BCUT2D eigenvalue weighted by Gasteiger charge is -2.05. The molecule has 0 atom stereocenters. The van der Waals surface area contributed by atoms with E-state index in [1.54, 1.807) is 18.4 Å². The van der Waals surface area contributed by atoms with Crippen LogP contribution in [0.3, 0.4) is 0 Å². The molecule has 3 heteroatoms. The van der Waals surface area contributed by atoms with Gasteiger partial charge in [0.2, 0.25) is 0 Å². The number of rotatable bonds is 8. The summed E-state index contributed by atoms with van der Waals surface area (Å²) in [6, 6.07) is 11.0. The highest BCUT2D eigenvalue weighted by Crippen LogP contribution is 2.20. The van der Waals surface area contributed by atoms with E-state index in [4.69, 9.17) is 9.15 Å². The van der Waals surface area contributed by atoms with E-state index in [-0.39, 0.29) is 5.97 Å². The number of carbonyl (C=O) groups excluding carboxylic acids is 1. The Kier molecular flexibility index (Phi) is 6.07. The van der Waals surface area contributed by atoms with Crippen LogP contribution in [-0.4, -0.2) is 12.6 Å². The van der Waals surface area contributed by atoms with Crippen molar-refractivity contribution in [1.82, 2.24) is 0 Å². The first-order valence-corrected chi connectivity index (χ1v) is 7.62. The first-order valence-electron chi connectivity index (χ1n) is 7.62. The van der Waals surface area contributed by atoms with Gasteiger partial charge in [0.15, 0.2) is 0 Å². The number of unbranched alkanes of at least 4 members (excludes halogenated alkanes) is 4. The first kappa shape index (κ1) is 15.4. The minimum atomic E-state index is -0.253. The summed E-state index contributed by atoms with van der Waals surface area (Å²) in [5.74, 6) is 0.544. The van der Waals surface area contributed by atoms with Gasteiger partial charge >= 0.3 is 5.97 Å². The number of benzene rings is 1. The lowest BCUT2D eigenvalue weighted by molar-refractivity contribution is 0.0497. The minimum absolute atomic E-state index is 0.253. The summed E-state index contributed by atoms with van der Waals surface area (Å²) in [6.07, 6.45) is 7.39. The number of carbonyl (C=O) groups is 1. The van der Waals surface area contributed by atoms with Gasteiger partial charge in [-0.2, -0.15) is 0 Å². The average Bonchev–Trinajstić information content (AvgIpc) is 3.05. The molecule has 2 rings (SSSR count). The van der Waals surface area contributed by atoms with Crippen LogP contribution in [0.1, 0.15) is 49.4 Å². The lowest BCUT2D eigenvalue weighted by Crippen LogP contribution is -2.06. The third kappa shape index (κ3) is 4.78. The number of furan rings is 1. The molecular formula is C18H22O3. The highest BCUT2D eigenvalue weighted by molar-refractivity contribution is 5.89. The second-order valence-electron chi connectivity index (χ2n) is 5.10. The first-order chi connectivity index (χ1) is 10.3. The number of ether oxygens (including phenoxy) is 1. The highest BCUT2D eigenvalue weighted by Gasteiger charge is 2.08. The Balaban J connectivity index is 1.78. The van der Waals surface area contributed by atoms with Gasteiger partial charge in [0, 0.05) is 5.56 Å². The Bertz CT molecular complexity index is 526. The zero-order chi connectivity index (χ0) is 14.9. The second kappa shape index (κ2) is 8.30. The molecule has 0 aliphatic carbocycles. The summed E-state index contributed by atoms with van der Waals surface area (Å²) in [4.78, 5) is 11.9. The molecule has 0 saturated heterocycles. The number of hydrogen-bond donors (Lipinski definition) is 0. The molecule has 1 aromatic carbocycles. The van der Waals surface area contributed by atoms with Gasteiger partial charge in [0.25, 0.3) is 0 Å². The van der Waals surface area contributed by atoms with Crippen LogP contribution < -0.4 is 0 Å². The molecule has 0 radical (unpaired) electrons. The molecule has 3 nitrogen and oxygen atoms in total. The molecule has 1 heterocycles. The maximum Gasteiger partial charge on any atom is 0.338 e. The van der Waals surface area contributed by atoms with E-state index in [9.17, 15) is 4.79 Å². The SMILES string of the molecule is CCCCCCCOC(=O)c1ccc(-c2ccco2)cc1. The van der Waals surface area contributed by atoms with E-state index in [0.29, 0.717) is 12.2 Å². The second-order valence-corrected chi connectivity index (χ2v) is 5.10. The summed E-state index contributed by atoms with van der Waals surface area (Å²) in [5, 5.41) is 0. The van der Waals surface area contributed by atoms with Gasteiger partial charge < -0.3 is 9.15 Å². The summed E-state index contributed by atoms with van der Waals surface area (Å²) < 4.78 is 10.6. The van der Waals surface area contributed by atoms with Gasteiger partial charge in [-0.1, -0.05) is 44.7 Å². The van der Waals surface area contributed by atoms with E-state index in [2.05, 4.69) is 6.92 Å². The Morgan fingerprint density at radius 2 is 1.81 bits per heavy atom. The summed E-state index contributed by atoms with van der Waals surface area (Å²) in [5.41, 5.74) is 1.54. The third-order valence-corrected chi connectivity index (χ3v) is 3.41. The Hall–Kier alpha value is -2.03. The molecule has 21 heavy (non-hydrogen) atoms. The van der Waals surface area contributed by atoms with Gasteiger partial charge in [-0.3, -0.25) is 0 Å². The quantitative estimate of drug-likeness (QED) is 0.502. The van der Waals surface area contributed by atoms with Crippen LogP contribution in [0.25, 0.3) is 11.3 Å². The predicted octanol–water partition coefficient (Wildman–Crippen LogP) is 5.07. The molecule has 0 saturated carbocycles. The molecule has 0 amide bonds. The molecule has 0 N–H and O–H groups in total. The molecule has 0 bridgehead atoms. The largest absolute Gasteiger partial charge is 0.464 e. The molecule has 0 aliphatic rings. The van der Waals surface area contributed by atoms with Crippen molar-refractivity contribution in [3.63, 3.8) is 0 Å². The van der Waals surface area contributed by atoms with Crippen LogP contribution in [0.2, 0.25) is 0 Å². The molecule has 1 aromatic heterocycles. The van der Waals surface area contributed by atoms with Crippen molar-refractivity contribution in [3.8, 4) is 11.3 Å². The summed E-state index contributed by atoms with van der Waals surface area (Å²) in [6.45, 7) is 2.69. The van der Waals surface area contributed by atoms with Gasteiger partial charge in [-0.25, -0.2) is 4.79 Å². The predicted molar refractivity (Wildman–Crippen MR) is 83.2 cm³/mol. The zero-order valence-corrected chi connectivity index (χ0v) is 12.5. The summed E-state index contributed by atoms with van der Waals surface area (Å²) >= 11 is 0.